The molecule has 35 heavy (non-hydrogen) atoms. The van der Waals surface area contributed by atoms with Gasteiger partial charge in [-0.15, -0.1) is 0 Å². The molecule has 1 N–H and O–H groups in total. The average Bonchev–Trinajstić information content (AvgIpc) is 3.65. The molecule has 2 fully saturated rings. The van der Waals surface area contributed by atoms with Crippen LogP contribution in [0, 0.1) is 5.92 Å². The number of rotatable bonds is 6. The number of piperazine rings is 1. The zero-order valence-electron chi connectivity index (χ0n) is 20.1. The molecule has 1 aliphatic heterocycles. The standard InChI is InChI=1S/C29H31ClN4O/c1-32-14-16-33(17-15-32)24-10-8-23(9-11-24)28-26(22-6-4-21(19-35)5-7-22)27-25(30)12-13-31-29(27)34(28)18-20-2-3-20/h4-13,20,35H,2-3,14-19H2,1H3. The molecule has 0 spiro atoms. The Bertz CT molecular complexity index is 1330. The number of anilines is 1. The lowest BCUT2D eigenvalue weighted by Crippen LogP contribution is -2.44. The third-order valence-electron chi connectivity index (χ3n) is 7.46. The Morgan fingerprint density at radius 3 is 2.26 bits per heavy atom. The maximum atomic E-state index is 9.56. The van der Waals surface area contributed by atoms with E-state index in [0.29, 0.717) is 5.92 Å². The number of pyridine rings is 1. The van der Waals surface area contributed by atoms with Crippen molar-refractivity contribution in [3.05, 3.63) is 71.4 Å². The first-order valence-corrected chi connectivity index (χ1v) is 12.9. The van der Waals surface area contributed by atoms with Crippen LogP contribution < -0.4 is 4.90 Å². The summed E-state index contributed by atoms with van der Waals surface area (Å²) in [6.07, 6.45) is 4.35. The van der Waals surface area contributed by atoms with Crippen molar-refractivity contribution in [1.29, 1.82) is 0 Å². The van der Waals surface area contributed by atoms with Crippen molar-refractivity contribution in [2.24, 2.45) is 5.92 Å². The van der Waals surface area contributed by atoms with Gasteiger partial charge in [0.05, 0.1) is 17.3 Å². The number of hydrogen-bond acceptors (Lipinski definition) is 4. The molecule has 1 saturated heterocycles. The van der Waals surface area contributed by atoms with Crippen LogP contribution in [-0.4, -0.2) is 52.8 Å². The highest BCUT2D eigenvalue weighted by molar-refractivity contribution is 6.37. The van der Waals surface area contributed by atoms with E-state index in [1.54, 1.807) is 0 Å². The summed E-state index contributed by atoms with van der Waals surface area (Å²) in [7, 11) is 2.19. The van der Waals surface area contributed by atoms with Gasteiger partial charge in [0.1, 0.15) is 5.65 Å². The van der Waals surface area contributed by atoms with Gasteiger partial charge in [-0.05, 0) is 60.7 Å². The molecule has 1 saturated carbocycles. The molecule has 6 heteroatoms. The van der Waals surface area contributed by atoms with E-state index in [9.17, 15) is 5.11 Å². The summed E-state index contributed by atoms with van der Waals surface area (Å²) in [4.78, 5) is 9.66. The second-order valence-corrected chi connectivity index (χ2v) is 10.4. The molecule has 5 nitrogen and oxygen atoms in total. The Morgan fingerprint density at radius 2 is 1.60 bits per heavy atom. The summed E-state index contributed by atoms with van der Waals surface area (Å²) in [5, 5.41) is 11.3. The van der Waals surface area contributed by atoms with Crippen molar-refractivity contribution in [3.63, 3.8) is 0 Å². The summed E-state index contributed by atoms with van der Waals surface area (Å²) < 4.78 is 2.39. The van der Waals surface area contributed by atoms with Crippen molar-refractivity contribution in [3.8, 4) is 22.4 Å². The fourth-order valence-electron chi connectivity index (χ4n) is 5.21. The van der Waals surface area contributed by atoms with Gasteiger partial charge in [0.15, 0.2) is 0 Å². The average molecular weight is 487 g/mol. The van der Waals surface area contributed by atoms with Gasteiger partial charge in [0.2, 0.25) is 0 Å². The van der Waals surface area contributed by atoms with Crippen LogP contribution in [0.2, 0.25) is 5.02 Å². The third-order valence-corrected chi connectivity index (χ3v) is 7.78. The second kappa shape index (κ2) is 9.30. The van der Waals surface area contributed by atoms with Crippen LogP contribution in [0.5, 0.6) is 0 Å². The van der Waals surface area contributed by atoms with Crippen molar-refractivity contribution in [2.45, 2.75) is 26.0 Å². The van der Waals surface area contributed by atoms with Crippen LogP contribution in [0.4, 0.5) is 5.69 Å². The molecular formula is C29H31ClN4O. The van der Waals surface area contributed by atoms with Crippen LogP contribution in [0.25, 0.3) is 33.4 Å². The number of halogens is 1. The molecule has 0 amide bonds. The predicted molar refractivity (Wildman–Crippen MR) is 144 cm³/mol. The number of aromatic nitrogens is 2. The third kappa shape index (κ3) is 4.33. The van der Waals surface area contributed by atoms with Crippen LogP contribution >= 0.6 is 11.6 Å². The number of aliphatic hydroxyl groups is 1. The molecule has 0 bridgehead atoms. The maximum absolute atomic E-state index is 9.56. The Balaban J connectivity index is 1.51. The lowest BCUT2D eigenvalue weighted by Gasteiger charge is -2.34. The summed E-state index contributed by atoms with van der Waals surface area (Å²) >= 11 is 6.83. The Kier molecular flexibility index (Phi) is 6.01. The van der Waals surface area contributed by atoms with Crippen LogP contribution in [-0.2, 0) is 13.2 Å². The SMILES string of the molecule is CN1CCN(c2ccc(-c3c(-c4ccc(CO)cc4)c4c(Cl)ccnc4n3CC3CC3)cc2)CC1. The van der Waals surface area contributed by atoms with Crippen molar-refractivity contribution < 1.29 is 5.11 Å². The summed E-state index contributed by atoms with van der Waals surface area (Å²) in [6, 6.07) is 19.1. The fraction of sp³-hybridized carbons (Fsp3) is 0.345. The van der Waals surface area contributed by atoms with Crippen LogP contribution in [0.3, 0.4) is 0 Å². The molecular weight excluding hydrogens is 456 g/mol. The molecule has 180 valence electrons. The van der Waals surface area contributed by atoms with Gasteiger partial charge in [0.25, 0.3) is 0 Å². The first kappa shape index (κ1) is 22.6. The van der Waals surface area contributed by atoms with E-state index >= 15 is 0 Å². The van der Waals surface area contributed by atoms with Crippen molar-refractivity contribution in [2.75, 3.05) is 38.1 Å². The van der Waals surface area contributed by atoms with Crippen molar-refractivity contribution in [1.82, 2.24) is 14.5 Å². The highest BCUT2D eigenvalue weighted by Gasteiger charge is 2.28. The molecule has 1 aliphatic carbocycles. The molecule has 0 unspecified atom stereocenters. The second-order valence-electron chi connectivity index (χ2n) is 9.96. The van der Waals surface area contributed by atoms with E-state index in [1.807, 2.05) is 24.4 Å². The van der Waals surface area contributed by atoms with Gasteiger partial charge < -0.3 is 19.5 Å². The van der Waals surface area contributed by atoms with Gasteiger partial charge in [0, 0.05) is 55.6 Å². The largest absolute Gasteiger partial charge is 0.392 e. The van der Waals surface area contributed by atoms with Gasteiger partial charge in [-0.3, -0.25) is 0 Å². The minimum Gasteiger partial charge on any atom is -0.392 e. The van der Waals surface area contributed by atoms with E-state index in [-0.39, 0.29) is 6.61 Å². The minimum atomic E-state index is 0.0344. The summed E-state index contributed by atoms with van der Waals surface area (Å²) in [5.41, 5.74) is 7.69. The quantitative estimate of drug-likeness (QED) is 0.381. The van der Waals surface area contributed by atoms with E-state index in [1.165, 1.54) is 29.8 Å². The molecule has 2 aromatic carbocycles. The fourth-order valence-corrected chi connectivity index (χ4v) is 5.45. The summed E-state index contributed by atoms with van der Waals surface area (Å²) in [5.74, 6) is 0.694. The Labute approximate surface area is 211 Å². The van der Waals surface area contributed by atoms with E-state index in [0.717, 1.165) is 65.5 Å². The molecule has 2 aliphatic rings. The van der Waals surface area contributed by atoms with Crippen molar-refractivity contribution >= 4 is 28.3 Å². The highest BCUT2D eigenvalue weighted by Crippen LogP contribution is 2.45. The zero-order valence-corrected chi connectivity index (χ0v) is 20.9. The molecule has 6 rings (SSSR count). The predicted octanol–water partition coefficient (Wildman–Crippen LogP) is 5.68. The topological polar surface area (TPSA) is 44.5 Å². The van der Waals surface area contributed by atoms with Gasteiger partial charge in [-0.2, -0.15) is 0 Å². The number of aliphatic hydroxyl groups excluding tert-OH is 1. The van der Waals surface area contributed by atoms with E-state index < -0.39 is 0 Å². The normalized spacial score (nSPS) is 16.8. The Hall–Kier alpha value is -2.86. The van der Waals surface area contributed by atoms with Gasteiger partial charge in [-0.1, -0.05) is 48.0 Å². The Morgan fingerprint density at radius 1 is 0.914 bits per heavy atom. The lowest BCUT2D eigenvalue weighted by atomic mass is 9.97. The van der Waals surface area contributed by atoms with Crippen LogP contribution in [0.1, 0.15) is 18.4 Å². The number of likely N-dealkylation sites (N-methyl/N-ethyl adjacent to an activating group) is 1. The number of hydrogen-bond donors (Lipinski definition) is 1. The number of fused-ring (bicyclic) bond motifs is 1. The monoisotopic (exact) mass is 486 g/mol. The first-order valence-electron chi connectivity index (χ1n) is 12.5. The lowest BCUT2D eigenvalue weighted by molar-refractivity contribution is 0.282. The smallest absolute Gasteiger partial charge is 0.142 e. The maximum Gasteiger partial charge on any atom is 0.142 e. The number of benzene rings is 2. The molecule has 3 heterocycles. The zero-order chi connectivity index (χ0) is 23.9. The molecule has 4 aromatic rings. The van der Waals surface area contributed by atoms with Gasteiger partial charge >= 0.3 is 0 Å². The molecule has 0 atom stereocenters. The highest BCUT2D eigenvalue weighted by atomic mass is 35.5. The van der Waals surface area contributed by atoms with Gasteiger partial charge in [-0.25, -0.2) is 4.98 Å². The summed E-state index contributed by atoms with van der Waals surface area (Å²) in [6.45, 7) is 5.28. The number of nitrogens with zero attached hydrogens (tertiary/aromatic N) is 4. The van der Waals surface area contributed by atoms with Crippen LogP contribution in [0.15, 0.2) is 60.8 Å². The molecule has 0 radical (unpaired) electrons. The van der Waals surface area contributed by atoms with E-state index in [2.05, 4.69) is 57.8 Å². The molecule has 2 aromatic heterocycles. The first-order chi connectivity index (χ1) is 17.1. The van der Waals surface area contributed by atoms with E-state index in [4.69, 9.17) is 16.6 Å². The minimum absolute atomic E-state index is 0.0344.